The van der Waals surface area contributed by atoms with E-state index >= 15 is 0 Å². The summed E-state index contributed by atoms with van der Waals surface area (Å²) in [5.74, 6) is 0.342. The van der Waals surface area contributed by atoms with Gasteiger partial charge in [0.2, 0.25) is 0 Å². The largest absolute Gasteiger partial charge is 0.465 e. The van der Waals surface area contributed by atoms with Crippen molar-refractivity contribution < 1.29 is 38.2 Å². The number of aromatic nitrogens is 6. The number of carbonyl (C=O) groups is 5. The molecule has 4 heterocycles. The van der Waals surface area contributed by atoms with Crippen molar-refractivity contribution in [3.8, 4) is 22.5 Å². The van der Waals surface area contributed by atoms with Gasteiger partial charge in [-0.1, -0.05) is 24.3 Å². The fraction of sp³-hybridized carbons (Fsp3) is 0.293. The summed E-state index contributed by atoms with van der Waals surface area (Å²) in [6, 6.07) is 17.8. The van der Waals surface area contributed by atoms with E-state index in [0.717, 1.165) is 43.4 Å². The highest BCUT2D eigenvalue weighted by molar-refractivity contribution is 5.94. The van der Waals surface area contributed by atoms with Crippen LogP contribution >= 0.6 is 0 Å². The highest BCUT2D eigenvalue weighted by atomic mass is 16.6. The molecular formula is C41H40N8O8. The molecule has 57 heavy (non-hydrogen) atoms. The van der Waals surface area contributed by atoms with Crippen molar-refractivity contribution in [1.29, 1.82) is 0 Å². The number of fused-ring (bicyclic) bond motifs is 2. The summed E-state index contributed by atoms with van der Waals surface area (Å²) in [6.07, 6.45) is 7.71. The molecule has 0 spiro atoms. The molecule has 2 aliphatic rings. The van der Waals surface area contributed by atoms with Crippen LogP contribution in [0.3, 0.4) is 0 Å². The summed E-state index contributed by atoms with van der Waals surface area (Å²) in [7, 11) is 2.66. The van der Waals surface area contributed by atoms with Crippen LogP contribution < -0.4 is 10.2 Å². The third kappa shape index (κ3) is 8.34. The second-order valence-electron chi connectivity index (χ2n) is 14.6. The second-order valence-corrected chi connectivity index (χ2v) is 14.6. The zero-order valence-electron chi connectivity index (χ0n) is 32.0. The lowest BCUT2D eigenvalue weighted by Gasteiger charge is -2.27. The first-order chi connectivity index (χ1) is 27.4. The maximum Gasteiger partial charge on any atom is 0.416 e. The fourth-order valence-electron chi connectivity index (χ4n) is 6.04. The van der Waals surface area contributed by atoms with Gasteiger partial charge in [-0.3, -0.25) is 14.5 Å². The standard InChI is InChI=1S/C23H24N4O5.C18H16N4O3/c1-23(2,3)32-22(30)26(17-8-9-17)19-11-18(25-20-16(13-28)12-24-27(19)20)14-6-5-7-15(10-14)21(29)31-4;1-25-18(24)12-4-2-3-11(7-12)15-8-16(20-14-5-6-14)22-17(21-15)13(10-23)9-19-22/h5-7,10-13,17H,8-9H2,1-4H3;2-4,7-10,14,20H,5-6H2,1H3. The number of methoxy groups -OCH3 is 2. The molecule has 1 N–H and O–H groups in total. The van der Waals surface area contributed by atoms with Crippen molar-refractivity contribution in [2.24, 2.45) is 0 Å². The third-order valence-corrected chi connectivity index (χ3v) is 9.07. The number of ether oxygens (including phenoxy) is 3. The zero-order chi connectivity index (χ0) is 40.4. The minimum absolute atomic E-state index is 0.0337. The minimum atomic E-state index is -0.674. The van der Waals surface area contributed by atoms with Crippen molar-refractivity contribution in [3.63, 3.8) is 0 Å². The molecule has 0 bridgehead atoms. The summed E-state index contributed by atoms with van der Waals surface area (Å²) >= 11 is 0. The van der Waals surface area contributed by atoms with Gasteiger partial charge in [-0.2, -0.15) is 19.2 Å². The van der Waals surface area contributed by atoms with Gasteiger partial charge < -0.3 is 19.5 Å². The first-order valence-electron chi connectivity index (χ1n) is 18.3. The number of amides is 1. The highest BCUT2D eigenvalue weighted by Crippen LogP contribution is 2.36. The van der Waals surface area contributed by atoms with E-state index in [0.29, 0.717) is 63.1 Å². The molecule has 2 fully saturated rings. The van der Waals surface area contributed by atoms with Crippen LogP contribution in [0.25, 0.3) is 33.8 Å². The van der Waals surface area contributed by atoms with Crippen LogP contribution in [-0.2, 0) is 14.2 Å². The Morgan fingerprint density at radius 3 is 1.77 bits per heavy atom. The number of hydrogen-bond donors (Lipinski definition) is 1. The summed E-state index contributed by atoms with van der Waals surface area (Å²) in [4.78, 5) is 70.5. The maximum absolute atomic E-state index is 13.1. The van der Waals surface area contributed by atoms with E-state index in [1.54, 1.807) is 78.7 Å². The van der Waals surface area contributed by atoms with Crippen molar-refractivity contribution in [3.05, 3.63) is 95.3 Å². The fourth-order valence-corrected chi connectivity index (χ4v) is 6.04. The first-order valence-corrected chi connectivity index (χ1v) is 18.3. The van der Waals surface area contributed by atoms with Crippen LogP contribution in [0.2, 0.25) is 0 Å². The molecule has 0 radical (unpaired) electrons. The van der Waals surface area contributed by atoms with E-state index in [2.05, 4.69) is 25.5 Å². The predicted molar refractivity (Wildman–Crippen MR) is 209 cm³/mol. The molecule has 0 atom stereocenters. The summed E-state index contributed by atoms with van der Waals surface area (Å²) in [5, 5.41) is 12.0. The predicted octanol–water partition coefficient (Wildman–Crippen LogP) is 6.47. The molecule has 4 aromatic heterocycles. The lowest BCUT2D eigenvalue weighted by molar-refractivity contribution is 0.0570. The molecule has 1 amide bonds. The Labute approximate surface area is 326 Å². The monoisotopic (exact) mass is 772 g/mol. The Hall–Kier alpha value is -6.97. The van der Waals surface area contributed by atoms with Crippen LogP contribution in [0, 0.1) is 0 Å². The molecule has 16 nitrogen and oxygen atoms in total. The van der Waals surface area contributed by atoms with Gasteiger partial charge in [0.15, 0.2) is 23.9 Å². The first kappa shape index (κ1) is 38.3. The van der Waals surface area contributed by atoms with E-state index in [9.17, 15) is 24.0 Å². The quantitative estimate of drug-likeness (QED) is 0.0907. The van der Waals surface area contributed by atoms with Crippen molar-refractivity contribution >= 4 is 53.5 Å². The molecule has 2 aromatic carbocycles. The van der Waals surface area contributed by atoms with Crippen LogP contribution in [0.15, 0.2) is 73.1 Å². The van der Waals surface area contributed by atoms with Crippen molar-refractivity contribution in [2.75, 3.05) is 24.4 Å². The minimum Gasteiger partial charge on any atom is -0.465 e. The lowest BCUT2D eigenvalue weighted by atomic mass is 10.1. The van der Waals surface area contributed by atoms with Crippen molar-refractivity contribution in [2.45, 2.75) is 64.1 Å². The number of rotatable bonds is 10. The summed E-state index contributed by atoms with van der Waals surface area (Å²) in [6.45, 7) is 5.42. The summed E-state index contributed by atoms with van der Waals surface area (Å²) in [5.41, 5.74) is 4.18. The Balaban J connectivity index is 0.000000179. The maximum atomic E-state index is 13.1. The van der Waals surface area contributed by atoms with Crippen LogP contribution in [-0.4, -0.2) is 91.7 Å². The average Bonchev–Trinajstić information content (AvgIpc) is 4.14. The number of anilines is 2. The molecule has 16 heteroatoms. The lowest BCUT2D eigenvalue weighted by Crippen LogP contribution is -2.39. The van der Waals surface area contributed by atoms with Gasteiger partial charge in [-0.15, -0.1) is 0 Å². The van der Waals surface area contributed by atoms with Gasteiger partial charge in [-0.25, -0.2) is 24.4 Å². The number of nitrogens with one attached hydrogen (secondary N) is 1. The van der Waals surface area contributed by atoms with E-state index in [4.69, 9.17) is 14.2 Å². The molecule has 6 aromatic rings. The number of esters is 2. The molecule has 2 saturated carbocycles. The molecule has 292 valence electrons. The second kappa shape index (κ2) is 15.6. The number of nitrogens with zero attached hydrogens (tertiary/aromatic N) is 7. The number of aldehydes is 2. The molecule has 8 rings (SSSR count). The van der Waals surface area contributed by atoms with Gasteiger partial charge >= 0.3 is 18.0 Å². The van der Waals surface area contributed by atoms with Crippen LogP contribution in [0.1, 0.15) is 87.9 Å². The molecule has 0 saturated heterocycles. The van der Waals surface area contributed by atoms with E-state index in [1.165, 1.54) is 31.1 Å². The number of benzene rings is 2. The smallest absolute Gasteiger partial charge is 0.416 e. The Morgan fingerprint density at radius 2 is 1.28 bits per heavy atom. The van der Waals surface area contributed by atoms with E-state index in [1.807, 2.05) is 12.1 Å². The number of hydrogen-bond acceptors (Lipinski definition) is 13. The topological polar surface area (TPSA) is 189 Å². The Kier molecular flexibility index (Phi) is 10.5. The average molecular weight is 773 g/mol. The van der Waals surface area contributed by atoms with Crippen LogP contribution in [0.5, 0.6) is 0 Å². The third-order valence-electron chi connectivity index (χ3n) is 9.07. The van der Waals surface area contributed by atoms with Gasteiger partial charge in [-0.05, 0) is 70.7 Å². The number of carbonyl (C=O) groups excluding carboxylic acids is 5. The Bertz CT molecular complexity index is 2530. The van der Waals surface area contributed by atoms with E-state index < -0.39 is 23.6 Å². The SMILES string of the molecule is COC(=O)c1cccc(-c2cc(N(C(=O)OC(C)(C)C)C3CC3)n3ncc(C=O)c3n2)c1.COC(=O)c1cccc(-c2cc(NC3CC3)n3ncc(C=O)c3n2)c1. The molecule has 0 unspecified atom stereocenters. The van der Waals surface area contributed by atoms with Crippen LogP contribution in [0.4, 0.5) is 16.4 Å². The molecule has 0 aliphatic heterocycles. The van der Waals surface area contributed by atoms with Gasteiger partial charge in [0.1, 0.15) is 17.2 Å². The van der Waals surface area contributed by atoms with Gasteiger partial charge in [0, 0.05) is 35.3 Å². The highest BCUT2D eigenvalue weighted by Gasteiger charge is 2.38. The van der Waals surface area contributed by atoms with Gasteiger partial charge in [0.05, 0.1) is 60.3 Å². The van der Waals surface area contributed by atoms with Gasteiger partial charge in [0.25, 0.3) is 0 Å². The normalized spacial score (nSPS) is 13.6. The molecule has 2 aliphatic carbocycles. The van der Waals surface area contributed by atoms with E-state index in [-0.39, 0.29) is 11.6 Å². The summed E-state index contributed by atoms with van der Waals surface area (Å²) < 4.78 is 18.3. The zero-order valence-corrected chi connectivity index (χ0v) is 32.0. The Morgan fingerprint density at radius 1 is 0.754 bits per heavy atom. The molecular weight excluding hydrogens is 732 g/mol. The van der Waals surface area contributed by atoms with Crippen molar-refractivity contribution in [1.82, 2.24) is 29.2 Å².